The molecule has 0 saturated heterocycles. The number of fused-ring (bicyclic) bond motifs is 1. The smallest absolute Gasteiger partial charge is 0.0341 e. The molecule has 3 aliphatic rings. The van der Waals surface area contributed by atoms with Gasteiger partial charge in [-0.1, -0.05) is 18.2 Å². The summed E-state index contributed by atoms with van der Waals surface area (Å²) in [6, 6.07) is 10.4. The molecule has 1 aromatic rings. The van der Waals surface area contributed by atoms with Crippen LogP contribution >= 0.6 is 11.8 Å². The van der Waals surface area contributed by atoms with Gasteiger partial charge in [0.2, 0.25) is 0 Å². The first-order valence-corrected chi connectivity index (χ1v) is 8.38. The highest BCUT2D eigenvalue weighted by Crippen LogP contribution is 2.46. The van der Waals surface area contributed by atoms with Gasteiger partial charge in [-0.2, -0.15) is 0 Å². The zero-order valence-corrected chi connectivity index (χ0v) is 11.6. The minimum absolute atomic E-state index is 0.619. The fourth-order valence-corrected chi connectivity index (χ4v) is 4.44. The molecule has 0 bridgehead atoms. The maximum Gasteiger partial charge on any atom is 0.0341 e. The van der Waals surface area contributed by atoms with Gasteiger partial charge in [0.1, 0.15) is 0 Å². The van der Waals surface area contributed by atoms with E-state index in [1.54, 1.807) is 5.56 Å². The summed E-state index contributed by atoms with van der Waals surface area (Å²) in [4.78, 5) is 1.51. The topological polar surface area (TPSA) is 12.0 Å². The summed E-state index contributed by atoms with van der Waals surface area (Å²) in [6.07, 6.45) is 7.18. The van der Waals surface area contributed by atoms with Gasteiger partial charge < -0.3 is 5.32 Å². The van der Waals surface area contributed by atoms with Crippen molar-refractivity contribution in [2.45, 2.75) is 49.1 Å². The van der Waals surface area contributed by atoms with E-state index in [2.05, 4.69) is 29.6 Å². The SMILES string of the molecule is c1ccc2c(c1)SCCC2NC(C1CC1)C1CC1. The third kappa shape index (κ3) is 2.21. The third-order valence-corrected chi connectivity index (χ3v) is 5.73. The number of hydrogen-bond donors (Lipinski definition) is 1. The van der Waals surface area contributed by atoms with Gasteiger partial charge in [0.15, 0.2) is 0 Å². The van der Waals surface area contributed by atoms with Crippen LogP contribution < -0.4 is 5.32 Å². The highest BCUT2D eigenvalue weighted by atomic mass is 32.2. The van der Waals surface area contributed by atoms with Crippen molar-refractivity contribution in [2.24, 2.45) is 11.8 Å². The first-order valence-electron chi connectivity index (χ1n) is 7.39. The minimum atomic E-state index is 0.619. The van der Waals surface area contributed by atoms with Crippen LogP contribution in [0.3, 0.4) is 0 Å². The lowest BCUT2D eigenvalue weighted by Gasteiger charge is -2.30. The van der Waals surface area contributed by atoms with Crippen LogP contribution in [0.4, 0.5) is 0 Å². The third-order valence-electron chi connectivity index (χ3n) is 4.61. The molecule has 2 aliphatic carbocycles. The van der Waals surface area contributed by atoms with Crippen LogP contribution in [-0.2, 0) is 0 Å². The molecular weight excluding hydrogens is 238 g/mol. The molecule has 1 atom stereocenters. The normalized spacial score (nSPS) is 27.3. The van der Waals surface area contributed by atoms with Gasteiger partial charge >= 0.3 is 0 Å². The molecule has 0 radical (unpaired) electrons. The summed E-state index contributed by atoms with van der Waals surface area (Å²) in [7, 11) is 0. The van der Waals surface area contributed by atoms with E-state index in [4.69, 9.17) is 0 Å². The van der Waals surface area contributed by atoms with Crippen molar-refractivity contribution in [3.05, 3.63) is 29.8 Å². The summed E-state index contributed by atoms with van der Waals surface area (Å²) in [5.74, 6) is 3.27. The molecule has 2 saturated carbocycles. The molecule has 0 spiro atoms. The zero-order valence-electron chi connectivity index (χ0n) is 10.8. The molecule has 1 N–H and O–H groups in total. The van der Waals surface area contributed by atoms with E-state index in [0.717, 1.165) is 17.9 Å². The second-order valence-corrected chi connectivity index (χ2v) is 7.23. The molecule has 18 heavy (non-hydrogen) atoms. The van der Waals surface area contributed by atoms with Crippen LogP contribution in [0.25, 0.3) is 0 Å². The summed E-state index contributed by atoms with van der Waals surface area (Å²) in [5, 5.41) is 4.02. The largest absolute Gasteiger partial charge is 0.307 e. The van der Waals surface area contributed by atoms with Gasteiger partial charge in [0, 0.05) is 17.0 Å². The van der Waals surface area contributed by atoms with Crippen LogP contribution in [0, 0.1) is 11.8 Å². The van der Waals surface area contributed by atoms with Gasteiger partial charge in [-0.3, -0.25) is 0 Å². The summed E-state index contributed by atoms with van der Waals surface area (Å²) < 4.78 is 0. The van der Waals surface area contributed by atoms with Crippen molar-refractivity contribution in [3.63, 3.8) is 0 Å². The number of hydrogen-bond acceptors (Lipinski definition) is 2. The molecule has 96 valence electrons. The fraction of sp³-hybridized carbons (Fsp3) is 0.625. The van der Waals surface area contributed by atoms with Crippen molar-refractivity contribution in [1.29, 1.82) is 0 Å². The molecule has 2 heteroatoms. The Morgan fingerprint density at radius 1 is 1.00 bits per heavy atom. The van der Waals surface area contributed by atoms with Gasteiger partial charge in [-0.05, 0) is 61.3 Å². The first-order chi connectivity index (χ1) is 8.92. The summed E-state index contributed by atoms with van der Waals surface area (Å²) in [5.41, 5.74) is 1.56. The van der Waals surface area contributed by atoms with Gasteiger partial charge in [-0.15, -0.1) is 11.8 Å². The highest BCUT2D eigenvalue weighted by molar-refractivity contribution is 7.99. The molecule has 2 fully saturated rings. The molecule has 1 heterocycles. The van der Waals surface area contributed by atoms with Crippen molar-refractivity contribution in [1.82, 2.24) is 5.32 Å². The molecule has 1 aliphatic heterocycles. The Balaban J connectivity index is 1.54. The van der Waals surface area contributed by atoms with E-state index in [1.807, 2.05) is 11.8 Å². The molecule has 1 aromatic carbocycles. The number of thioether (sulfide) groups is 1. The Hall–Kier alpha value is -0.470. The Bertz CT molecular complexity index is 424. The van der Waals surface area contributed by atoms with Gasteiger partial charge in [0.05, 0.1) is 0 Å². The molecule has 0 amide bonds. The monoisotopic (exact) mass is 259 g/mol. The van der Waals surface area contributed by atoms with Crippen molar-refractivity contribution >= 4 is 11.8 Å². The maximum atomic E-state index is 4.02. The van der Waals surface area contributed by atoms with Crippen LogP contribution in [-0.4, -0.2) is 11.8 Å². The predicted octanol–water partition coefficient (Wildman–Crippen LogP) is 4.00. The van der Waals surface area contributed by atoms with Crippen molar-refractivity contribution in [2.75, 3.05) is 5.75 Å². The molecule has 4 rings (SSSR count). The second-order valence-electron chi connectivity index (χ2n) is 6.09. The Kier molecular flexibility index (Phi) is 2.89. The van der Waals surface area contributed by atoms with E-state index in [-0.39, 0.29) is 0 Å². The Morgan fingerprint density at radius 2 is 1.72 bits per heavy atom. The van der Waals surface area contributed by atoms with Crippen LogP contribution in [0.15, 0.2) is 29.2 Å². The van der Waals surface area contributed by atoms with E-state index in [1.165, 1.54) is 42.8 Å². The number of benzene rings is 1. The van der Waals surface area contributed by atoms with Crippen LogP contribution in [0.5, 0.6) is 0 Å². The van der Waals surface area contributed by atoms with Crippen molar-refractivity contribution < 1.29 is 0 Å². The highest BCUT2D eigenvalue weighted by Gasteiger charge is 2.42. The molecule has 0 aromatic heterocycles. The lowest BCUT2D eigenvalue weighted by Crippen LogP contribution is -2.37. The van der Waals surface area contributed by atoms with E-state index in [9.17, 15) is 0 Å². The van der Waals surface area contributed by atoms with E-state index < -0.39 is 0 Å². The average molecular weight is 259 g/mol. The Labute approximate surface area is 114 Å². The molecule has 1 unspecified atom stereocenters. The summed E-state index contributed by atoms with van der Waals surface area (Å²) >= 11 is 2.03. The lowest BCUT2D eigenvalue weighted by molar-refractivity contribution is 0.356. The average Bonchev–Trinajstić information content (AvgIpc) is 3.29. The van der Waals surface area contributed by atoms with Crippen LogP contribution in [0.2, 0.25) is 0 Å². The number of rotatable bonds is 4. The van der Waals surface area contributed by atoms with Crippen molar-refractivity contribution in [3.8, 4) is 0 Å². The predicted molar refractivity (Wildman–Crippen MR) is 76.9 cm³/mol. The standard InChI is InChI=1S/C16H21NS/c1-2-4-15-13(3-1)14(9-10-18-15)17-16(11-5-6-11)12-7-8-12/h1-4,11-12,14,16-17H,5-10H2. The quantitative estimate of drug-likeness (QED) is 0.877. The Morgan fingerprint density at radius 3 is 2.44 bits per heavy atom. The first kappa shape index (κ1) is 11.4. The van der Waals surface area contributed by atoms with Gasteiger partial charge in [-0.25, -0.2) is 0 Å². The molecule has 1 nitrogen and oxygen atoms in total. The zero-order chi connectivity index (χ0) is 11.9. The number of nitrogens with one attached hydrogen (secondary N) is 1. The molecular formula is C16H21NS. The van der Waals surface area contributed by atoms with E-state index >= 15 is 0 Å². The summed E-state index contributed by atoms with van der Waals surface area (Å²) in [6.45, 7) is 0. The van der Waals surface area contributed by atoms with E-state index in [0.29, 0.717) is 6.04 Å². The van der Waals surface area contributed by atoms with Gasteiger partial charge in [0.25, 0.3) is 0 Å². The maximum absolute atomic E-state index is 4.02. The lowest BCUT2D eigenvalue weighted by atomic mass is 9.99. The van der Waals surface area contributed by atoms with Crippen LogP contribution in [0.1, 0.15) is 43.7 Å². The second kappa shape index (κ2) is 4.57. The minimum Gasteiger partial charge on any atom is -0.307 e. The fourth-order valence-electron chi connectivity index (χ4n) is 3.32.